The van der Waals surface area contributed by atoms with Crippen LogP contribution in [-0.2, 0) is 11.8 Å². The molecule has 0 aliphatic carbocycles. The molecular weight excluding hydrogens is 394 g/mol. The maximum absolute atomic E-state index is 12.6. The van der Waals surface area contributed by atoms with Crippen LogP contribution in [0.25, 0.3) is 10.2 Å². The van der Waals surface area contributed by atoms with Gasteiger partial charge in [-0.25, -0.2) is 0 Å². The van der Waals surface area contributed by atoms with E-state index in [0.717, 1.165) is 15.1 Å². The Kier molecular flexibility index (Phi) is 4.67. The third kappa shape index (κ3) is 2.99. The molecule has 148 valence electrons. The number of ether oxygens (including phenoxy) is 2. The van der Waals surface area contributed by atoms with Gasteiger partial charge < -0.3 is 14.0 Å². The second-order valence-corrected chi connectivity index (χ2v) is 7.32. The van der Waals surface area contributed by atoms with Crippen LogP contribution in [0.5, 0.6) is 11.5 Å². The van der Waals surface area contributed by atoms with E-state index in [1.807, 2.05) is 0 Å². The highest BCUT2D eigenvalue weighted by molar-refractivity contribution is 7.16. The van der Waals surface area contributed by atoms with E-state index in [1.54, 1.807) is 62.2 Å². The van der Waals surface area contributed by atoms with Crippen molar-refractivity contribution in [3.05, 3.63) is 52.3 Å². The van der Waals surface area contributed by atoms with Crippen LogP contribution in [0, 0.1) is 0 Å². The van der Waals surface area contributed by atoms with Crippen molar-refractivity contribution >= 4 is 39.3 Å². The first kappa shape index (κ1) is 18.9. The van der Waals surface area contributed by atoms with Gasteiger partial charge in [0.2, 0.25) is 0 Å². The Morgan fingerprint density at radius 2 is 1.59 bits per heavy atom. The average Bonchev–Trinajstić information content (AvgIpc) is 3.17. The Morgan fingerprint density at radius 1 is 1.00 bits per heavy atom. The molecule has 4 rings (SSSR count). The lowest BCUT2D eigenvalue weighted by atomic mass is 10.1. The number of fused-ring (bicyclic) bond motifs is 2. The Hall–Kier alpha value is -3.46. The molecule has 1 aromatic heterocycles. The van der Waals surface area contributed by atoms with Gasteiger partial charge in [-0.1, -0.05) is 23.5 Å². The summed E-state index contributed by atoms with van der Waals surface area (Å²) in [5, 5.41) is 0. The quantitative estimate of drug-likeness (QED) is 0.613. The number of carbonyl (C=O) groups is 3. The predicted molar refractivity (Wildman–Crippen MR) is 106 cm³/mol. The van der Waals surface area contributed by atoms with Crippen LogP contribution < -0.4 is 14.3 Å². The zero-order valence-corrected chi connectivity index (χ0v) is 16.8. The number of carbonyl (C=O) groups excluding carboxylic acids is 3. The van der Waals surface area contributed by atoms with Gasteiger partial charge in [-0.2, -0.15) is 4.99 Å². The van der Waals surface area contributed by atoms with Crippen molar-refractivity contribution in [3.8, 4) is 11.5 Å². The normalized spacial score (nSPS) is 13.9. The lowest BCUT2D eigenvalue weighted by Gasteiger charge is -2.10. The molecule has 0 radical (unpaired) electrons. The molecular formula is C20H17N3O5S. The number of rotatable bonds is 4. The molecule has 1 aliphatic rings. The number of aryl methyl sites for hydroxylation is 1. The number of imide groups is 1. The number of aromatic nitrogens is 1. The smallest absolute Gasteiger partial charge is 0.268 e. The summed E-state index contributed by atoms with van der Waals surface area (Å²) in [6, 6.07) is 10.1. The molecule has 0 N–H and O–H groups in total. The topological polar surface area (TPSA) is 90.2 Å². The third-order valence-corrected chi connectivity index (χ3v) is 5.85. The number of benzene rings is 2. The lowest BCUT2D eigenvalue weighted by Crippen LogP contribution is -2.35. The molecule has 0 atom stereocenters. The zero-order valence-electron chi connectivity index (χ0n) is 16.0. The second kappa shape index (κ2) is 7.17. The minimum Gasteiger partial charge on any atom is -0.495 e. The maximum Gasteiger partial charge on any atom is 0.268 e. The Balaban J connectivity index is 1.70. The predicted octanol–water partition coefficient (Wildman–Crippen LogP) is 1.98. The molecule has 2 heterocycles. The van der Waals surface area contributed by atoms with Crippen LogP contribution >= 0.6 is 11.3 Å². The van der Waals surface area contributed by atoms with Crippen LogP contribution in [0.3, 0.4) is 0 Å². The van der Waals surface area contributed by atoms with Crippen molar-refractivity contribution in [2.45, 2.75) is 0 Å². The summed E-state index contributed by atoms with van der Waals surface area (Å²) in [6.45, 7) is -0.422. The van der Waals surface area contributed by atoms with E-state index in [1.165, 1.54) is 11.3 Å². The molecule has 0 unspecified atom stereocenters. The number of methoxy groups -OCH3 is 2. The summed E-state index contributed by atoms with van der Waals surface area (Å²) in [7, 11) is 4.88. The minimum atomic E-state index is -0.598. The fourth-order valence-electron chi connectivity index (χ4n) is 3.29. The van der Waals surface area contributed by atoms with E-state index < -0.39 is 24.3 Å². The van der Waals surface area contributed by atoms with Gasteiger partial charge in [-0.05, 0) is 24.3 Å². The zero-order chi connectivity index (χ0) is 20.7. The molecule has 1 aliphatic heterocycles. The molecule has 0 bridgehead atoms. The Morgan fingerprint density at radius 3 is 2.17 bits per heavy atom. The van der Waals surface area contributed by atoms with Gasteiger partial charge in [0.15, 0.2) is 4.80 Å². The summed E-state index contributed by atoms with van der Waals surface area (Å²) in [4.78, 5) is 42.9. The van der Waals surface area contributed by atoms with Gasteiger partial charge in [0.25, 0.3) is 17.7 Å². The molecule has 3 amide bonds. The van der Waals surface area contributed by atoms with Crippen molar-refractivity contribution in [2.24, 2.45) is 12.0 Å². The van der Waals surface area contributed by atoms with Crippen molar-refractivity contribution in [1.29, 1.82) is 0 Å². The summed E-state index contributed by atoms with van der Waals surface area (Å²) in [6.07, 6.45) is 0. The number of hydrogen-bond donors (Lipinski definition) is 0. The Labute approximate surface area is 169 Å². The van der Waals surface area contributed by atoms with Gasteiger partial charge >= 0.3 is 0 Å². The van der Waals surface area contributed by atoms with E-state index in [9.17, 15) is 14.4 Å². The molecule has 0 saturated heterocycles. The van der Waals surface area contributed by atoms with E-state index in [2.05, 4.69) is 4.99 Å². The van der Waals surface area contributed by atoms with Crippen LogP contribution in [0.1, 0.15) is 20.7 Å². The molecule has 29 heavy (non-hydrogen) atoms. The monoisotopic (exact) mass is 411 g/mol. The SMILES string of the molecule is COc1ccc(OC)c2c1sc(=NC(=O)CN1C(=O)c3ccccc3C1=O)n2C. The van der Waals surface area contributed by atoms with E-state index in [4.69, 9.17) is 9.47 Å². The summed E-state index contributed by atoms with van der Waals surface area (Å²) >= 11 is 1.26. The van der Waals surface area contributed by atoms with Gasteiger partial charge in [0, 0.05) is 7.05 Å². The highest BCUT2D eigenvalue weighted by atomic mass is 32.1. The van der Waals surface area contributed by atoms with Crippen molar-refractivity contribution in [3.63, 3.8) is 0 Å². The average molecular weight is 411 g/mol. The van der Waals surface area contributed by atoms with E-state index >= 15 is 0 Å². The van der Waals surface area contributed by atoms with Crippen molar-refractivity contribution in [2.75, 3.05) is 20.8 Å². The number of nitrogens with zero attached hydrogens (tertiary/aromatic N) is 3. The second-order valence-electron chi connectivity index (χ2n) is 6.34. The van der Waals surface area contributed by atoms with Gasteiger partial charge in [-0.15, -0.1) is 0 Å². The molecule has 2 aromatic carbocycles. The first-order valence-corrected chi connectivity index (χ1v) is 9.51. The number of hydrogen-bond acceptors (Lipinski definition) is 6. The molecule has 8 nitrogen and oxygen atoms in total. The largest absolute Gasteiger partial charge is 0.495 e. The van der Waals surface area contributed by atoms with Gasteiger partial charge in [-0.3, -0.25) is 19.3 Å². The van der Waals surface area contributed by atoms with Crippen molar-refractivity contribution in [1.82, 2.24) is 9.47 Å². The van der Waals surface area contributed by atoms with Crippen LogP contribution in [-0.4, -0.2) is 48.0 Å². The molecule has 0 spiro atoms. The number of thiazole rings is 1. The van der Waals surface area contributed by atoms with Gasteiger partial charge in [0.05, 0.1) is 25.3 Å². The molecule has 0 fully saturated rings. The summed E-state index contributed by atoms with van der Waals surface area (Å²) in [5.41, 5.74) is 1.34. The third-order valence-electron chi connectivity index (χ3n) is 4.71. The number of amides is 3. The van der Waals surface area contributed by atoms with Crippen molar-refractivity contribution < 1.29 is 23.9 Å². The van der Waals surface area contributed by atoms with Crippen LogP contribution in [0.4, 0.5) is 0 Å². The molecule has 9 heteroatoms. The Bertz CT molecular complexity index is 1210. The standard InChI is InChI=1S/C20H17N3O5S/c1-22-16-13(27-2)8-9-14(28-3)17(16)29-20(22)21-15(24)10-23-18(25)11-6-4-5-7-12(11)19(23)26/h4-9H,10H2,1-3H3. The first-order chi connectivity index (χ1) is 14.0. The fourth-order valence-corrected chi connectivity index (χ4v) is 4.43. The van der Waals surface area contributed by atoms with Gasteiger partial charge in [0.1, 0.15) is 28.3 Å². The summed E-state index contributed by atoms with van der Waals surface area (Å²) < 4.78 is 13.3. The minimum absolute atomic E-state index is 0.298. The van der Waals surface area contributed by atoms with E-state index in [-0.39, 0.29) is 0 Å². The highest BCUT2D eigenvalue weighted by Gasteiger charge is 2.36. The first-order valence-electron chi connectivity index (χ1n) is 8.69. The van der Waals surface area contributed by atoms with E-state index in [0.29, 0.717) is 27.4 Å². The van der Waals surface area contributed by atoms with Crippen LogP contribution in [0.15, 0.2) is 41.4 Å². The van der Waals surface area contributed by atoms with Crippen LogP contribution in [0.2, 0.25) is 0 Å². The highest BCUT2D eigenvalue weighted by Crippen LogP contribution is 2.34. The summed E-state index contributed by atoms with van der Waals surface area (Å²) in [5.74, 6) is -0.319. The maximum atomic E-state index is 12.6. The molecule has 0 saturated carbocycles. The molecule has 3 aromatic rings. The fraction of sp³-hybridized carbons (Fsp3) is 0.200. The lowest BCUT2D eigenvalue weighted by molar-refractivity contribution is -0.118.